The Bertz CT molecular complexity index is 1800. The number of carbonyl (C=O) groups is 3. The quantitative estimate of drug-likeness (QED) is 0.0261. The first kappa shape index (κ1) is 78.3. The second-order valence-electron chi connectivity index (χ2n) is 22.3. The van der Waals surface area contributed by atoms with E-state index in [0.717, 1.165) is 154 Å². The number of hydrogen-bond donors (Lipinski definition) is 0. The van der Waals surface area contributed by atoms with E-state index in [-0.39, 0.29) is 31.1 Å². The lowest BCUT2D eigenvalue weighted by atomic mass is 10.0. The Morgan fingerprint density at radius 3 is 0.675 bits per heavy atom. The highest BCUT2D eigenvalue weighted by atomic mass is 16.6. The number of esters is 3. The Morgan fingerprint density at radius 1 is 0.241 bits per heavy atom. The highest BCUT2D eigenvalue weighted by Gasteiger charge is 2.19. The lowest BCUT2D eigenvalue weighted by Crippen LogP contribution is -2.30. The Morgan fingerprint density at radius 2 is 0.434 bits per heavy atom. The number of carbonyl (C=O) groups excluding carboxylic acids is 3. The Labute approximate surface area is 512 Å². The van der Waals surface area contributed by atoms with Crippen LogP contribution in [-0.2, 0) is 28.6 Å². The van der Waals surface area contributed by atoms with Gasteiger partial charge in [0, 0.05) is 19.3 Å². The van der Waals surface area contributed by atoms with Gasteiger partial charge in [-0.15, -0.1) is 0 Å². The molecule has 1 unspecified atom stereocenters. The van der Waals surface area contributed by atoms with Crippen LogP contribution in [0.15, 0.2) is 146 Å². The van der Waals surface area contributed by atoms with Gasteiger partial charge in [-0.05, 0) is 135 Å². The zero-order chi connectivity index (χ0) is 59.9. The van der Waals surface area contributed by atoms with Crippen LogP contribution in [-0.4, -0.2) is 37.2 Å². The fourth-order valence-electron chi connectivity index (χ4n) is 9.30. The molecular weight excluding hydrogens is 1020 g/mol. The standard InChI is InChI=1S/C77H126O6/c1-4-7-10-13-16-19-22-25-28-31-33-34-35-36-37-38-39-40-41-42-44-46-49-52-55-58-61-64-67-70-76(79)82-73-74(72-81-75(78)69-66-63-60-57-54-51-48-45-30-27-24-21-18-15-12-9-6-3)83-77(80)71-68-65-62-59-56-53-50-47-43-32-29-26-23-20-17-14-11-8-5-2/h7-12,16-21,25-30,33-34,36-37,43,47,74H,4-6,13-15,22-24,31-32,35,38-42,44-46,48-73H2,1-3H3/b10-7-,11-8-,12-9-,19-16-,20-17-,21-18-,28-25-,29-26-,30-27-,34-33-,37-36-,47-43-. The van der Waals surface area contributed by atoms with Gasteiger partial charge in [-0.25, -0.2) is 0 Å². The molecule has 0 fully saturated rings. The third-order valence-corrected chi connectivity index (χ3v) is 14.3. The minimum absolute atomic E-state index is 0.0913. The van der Waals surface area contributed by atoms with Crippen LogP contribution < -0.4 is 0 Å². The van der Waals surface area contributed by atoms with Crippen molar-refractivity contribution in [3.8, 4) is 0 Å². The van der Waals surface area contributed by atoms with E-state index in [1.807, 2.05) is 0 Å². The molecule has 0 radical (unpaired) electrons. The second-order valence-corrected chi connectivity index (χ2v) is 22.3. The number of rotatable bonds is 61. The summed E-state index contributed by atoms with van der Waals surface area (Å²) in [5.41, 5.74) is 0. The lowest BCUT2D eigenvalue weighted by molar-refractivity contribution is -0.167. The lowest BCUT2D eigenvalue weighted by Gasteiger charge is -2.18. The van der Waals surface area contributed by atoms with Crippen LogP contribution in [0.4, 0.5) is 0 Å². The number of hydrogen-bond acceptors (Lipinski definition) is 6. The summed E-state index contributed by atoms with van der Waals surface area (Å²) in [5.74, 6) is -0.911. The van der Waals surface area contributed by atoms with Crippen molar-refractivity contribution in [1.82, 2.24) is 0 Å². The van der Waals surface area contributed by atoms with Gasteiger partial charge in [0.25, 0.3) is 0 Å². The molecule has 0 aliphatic heterocycles. The van der Waals surface area contributed by atoms with Gasteiger partial charge in [0.2, 0.25) is 0 Å². The average molecular weight is 1150 g/mol. The van der Waals surface area contributed by atoms with Crippen molar-refractivity contribution >= 4 is 17.9 Å². The van der Waals surface area contributed by atoms with Crippen LogP contribution >= 0.6 is 0 Å². The van der Waals surface area contributed by atoms with E-state index in [1.165, 1.54) is 109 Å². The molecule has 0 aliphatic rings. The van der Waals surface area contributed by atoms with E-state index >= 15 is 0 Å². The first-order valence-corrected chi connectivity index (χ1v) is 34.3. The molecule has 0 spiro atoms. The van der Waals surface area contributed by atoms with E-state index in [9.17, 15) is 14.4 Å². The zero-order valence-electron chi connectivity index (χ0n) is 53.9. The summed E-state index contributed by atoms with van der Waals surface area (Å²) in [6.45, 7) is 6.30. The predicted octanol–water partition coefficient (Wildman–Crippen LogP) is 23.9. The summed E-state index contributed by atoms with van der Waals surface area (Å²) >= 11 is 0. The van der Waals surface area contributed by atoms with Crippen molar-refractivity contribution in [2.24, 2.45) is 0 Å². The summed E-state index contributed by atoms with van der Waals surface area (Å²) in [7, 11) is 0. The molecule has 470 valence electrons. The van der Waals surface area contributed by atoms with Gasteiger partial charge in [-0.1, -0.05) is 295 Å². The zero-order valence-corrected chi connectivity index (χ0v) is 53.9. The highest BCUT2D eigenvalue weighted by Crippen LogP contribution is 2.16. The largest absolute Gasteiger partial charge is 0.462 e. The maximum absolute atomic E-state index is 12.9. The average Bonchev–Trinajstić information content (AvgIpc) is 3.49. The van der Waals surface area contributed by atoms with E-state index in [0.29, 0.717) is 19.3 Å². The number of unbranched alkanes of at least 4 members (excludes halogenated alkanes) is 26. The van der Waals surface area contributed by atoms with Gasteiger partial charge in [0.1, 0.15) is 13.2 Å². The Hall–Kier alpha value is -4.71. The van der Waals surface area contributed by atoms with Crippen molar-refractivity contribution in [1.29, 1.82) is 0 Å². The van der Waals surface area contributed by atoms with Crippen molar-refractivity contribution < 1.29 is 28.6 Å². The van der Waals surface area contributed by atoms with Gasteiger partial charge in [-0.2, -0.15) is 0 Å². The molecule has 0 aromatic rings. The number of allylic oxidation sites excluding steroid dienone is 24. The molecule has 0 bridgehead atoms. The fraction of sp³-hybridized carbons (Fsp3) is 0.649. The Kier molecular flexibility index (Phi) is 65.8. The van der Waals surface area contributed by atoms with Crippen LogP contribution in [0.1, 0.15) is 303 Å². The van der Waals surface area contributed by atoms with Gasteiger partial charge in [0.05, 0.1) is 0 Å². The van der Waals surface area contributed by atoms with Crippen LogP contribution in [0, 0.1) is 0 Å². The van der Waals surface area contributed by atoms with E-state index in [4.69, 9.17) is 14.2 Å². The second kappa shape index (κ2) is 69.8. The van der Waals surface area contributed by atoms with Gasteiger partial charge in [-0.3, -0.25) is 14.4 Å². The SMILES string of the molecule is CC/C=C\C/C=C\C/C=C\C/C=C\C/C=C\CCCCCCCCCCCCCCCC(=O)OCC(COC(=O)CCCCCCCCC/C=C\C/C=C\C/C=C\CC)OC(=O)CCCCCCCC/C=C\C/C=C\C/C=C\C/C=C\CC. The van der Waals surface area contributed by atoms with Gasteiger partial charge >= 0.3 is 17.9 Å². The highest BCUT2D eigenvalue weighted by molar-refractivity contribution is 5.71. The van der Waals surface area contributed by atoms with Crippen molar-refractivity contribution in [3.63, 3.8) is 0 Å². The molecule has 0 amide bonds. The minimum Gasteiger partial charge on any atom is -0.462 e. The molecule has 0 heterocycles. The molecule has 0 saturated carbocycles. The molecule has 0 aromatic heterocycles. The van der Waals surface area contributed by atoms with Gasteiger partial charge in [0.15, 0.2) is 6.10 Å². The van der Waals surface area contributed by atoms with Crippen LogP contribution in [0.2, 0.25) is 0 Å². The van der Waals surface area contributed by atoms with Crippen LogP contribution in [0.25, 0.3) is 0 Å². The maximum atomic E-state index is 12.9. The summed E-state index contributed by atoms with van der Waals surface area (Å²) in [4.78, 5) is 38.5. The first-order valence-electron chi connectivity index (χ1n) is 34.3. The van der Waals surface area contributed by atoms with E-state index < -0.39 is 6.10 Å². The summed E-state index contributed by atoms with van der Waals surface area (Å²) in [6, 6.07) is 0. The third kappa shape index (κ3) is 68.0. The van der Waals surface area contributed by atoms with Crippen molar-refractivity contribution in [2.45, 2.75) is 309 Å². The molecule has 0 rings (SSSR count). The van der Waals surface area contributed by atoms with E-state index in [2.05, 4.69) is 167 Å². The topological polar surface area (TPSA) is 78.9 Å². The van der Waals surface area contributed by atoms with Crippen LogP contribution in [0.5, 0.6) is 0 Å². The van der Waals surface area contributed by atoms with Crippen LogP contribution in [0.3, 0.4) is 0 Å². The number of ether oxygens (including phenoxy) is 3. The maximum Gasteiger partial charge on any atom is 0.306 e. The summed E-state index contributed by atoms with van der Waals surface area (Å²) in [6.07, 6.45) is 100. The Balaban J connectivity index is 4.36. The first-order chi connectivity index (χ1) is 41.0. The van der Waals surface area contributed by atoms with Crippen molar-refractivity contribution in [2.75, 3.05) is 13.2 Å². The molecule has 0 aliphatic carbocycles. The normalized spacial score (nSPS) is 13.0. The monoisotopic (exact) mass is 1150 g/mol. The molecule has 1 atom stereocenters. The molecule has 0 saturated heterocycles. The summed E-state index contributed by atoms with van der Waals surface area (Å²) < 4.78 is 17.0. The molecule has 0 aromatic carbocycles. The predicted molar refractivity (Wildman–Crippen MR) is 362 cm³/mol. The minimum atomic E-state index is -0.798. The van der Waals surface area contributed by atoms with Crippen molar-refractivity contribution in [3.05, 3.63) is 146 Å². The molecule has 6 nitrogen and oxygen atoms in total. The molecular formula is C77H126O6. The molecule has 6 heteroatoms. The van der Waals surface area contributed by atoms with Gasteiger partial charge < -0.3 is 14.2 Å². The summed E-state index contributed by atoms with van der Waals surface area (Å²) in [5, 5.41) is 0. The fourth-order valence-corrected chi connectivity index (χ4v) is 9.30. The third-order valence-electron chi connectivity index (χ3n) is 14.3. The molecule has 83 heavy (non-hydrogen) atoms. The molecule has 0 N–H and O–H groups in total. The van der Waals surface area contributed by atoms with E-state index in [1.54, 1.807) is 0 Å². The smallest absolute Gasteiger partial charge is 0.306 e.